The van der Waals surface area contributed by atoms with Crippen LogP contribution in [0.4, 0.5) is 0 Å². The molecule has 1 spiro atoms. The number of benzene rings is 1. The van der Waals surface area contributed by atoms with Gasteiger partial charge in [-0.05, 0) is 47.8 Å². The molecule has 0 bridgehead atoms. The van der Waals surface area contributed by atoms with Crippen LogP contribution in [0.25, 0.3) is 0 Å². The normalized spacial score (nSPS) is 22.9. The van der Waals surface area contributed by atoms with E-state index in [0.717, 1.165) is 32.4 Å². The number of piperidine rings is 1. The molecule has 2 fully saturated rings. The number of ether oxygens (including phenoxy) is 1. The molecule has 1 aromatic heterocycles. The monoisotopic (exact) mass is 408 g/mol. The van der Waals surface area contributed by atoms with Crippen LogP contribution in [0, 0.1) is 0 Å². The molecule has 6 heteroatoms. The zero-order valence-corrected chi connectivity index (χ0v) is 17.2. The third-order valence-electron chi connectivity index (χ3n) is 7.17. The van der Waals surface area contributed by atoms with Crippen molar-refractivity contribution in [2.45, 2.75) is 37.0 Å². The Balaban J connectivity index is 1.31. The first-order chi connectivity index (χ1) is 14.7. The van der Waals surface area contributed by atoms with Crippen molar-refractivity contribution in [1.82, 2.24) is 9.80 Å². The van der Waals surface area contributed by atoms with Crippen LogP contribution in [0.2, 0.25) is 0 Å². The summed E-state index contributed by atoms with van der Waals surface area (Å²) in [7, 11) is 0. The number of hydrogen-bond donors (Lipinski definition) is 0. The standard InChI is InChI=1S/C24H28N2O4/c27-22(25-10-13-29-14-11-25)15-19-16-24(21-4-2-1-3-20(19)21)6-8-26(9-7-24)23(28)18-5-12-30-17-18/h1-5,12,17,19H,6-11,13-16H2/t19-/m1/s1. The second kappa shape index (κ2) is 7.91. The maximum absolute atomic E-state index is 12.9. The highest BCUT2D eigenvalue weighted by Crippen LogP contribution is 2.52. The largest absolute Gasteiger partial charge is 0.472 e. The van der Waals surface area contributed by atoms with Crippen LogP contribution < -0.4 is 0 Å². The maximum Gasteiger partial charge on any atom is 0.257 e. The predicted octanol–water partition coefficient (Wildman–Crippen LogP) is 3.19. The topological polar surface area (TPSA) is 63.0 Å². The molecule has 158 valence electrons. The molecule has 6 nitrogen and oxygen atoms in total. The van der Waals surface area contributed by atoms with Crippen molar-refractivity contribution in [1.29, 1.82) is 0 Å². The smallest absolute Gasteiger partial charge is 0.257 e. The Morgan fingerprint density at radius 3 is 2.50 bits per heavy atom. The minimum absolute atomic E-state index is 0.0453. The summed E-state index contributed by atoms with van der Waals surface area (Å²) in [5.41, 5.74) is 3.40. The summed E-state index contributed by atoms with van der Waals surface area (Å²) < 4.78 is 10.5. The van der Waals surface area contributed by atoms with Gasteiger partial charge in [-0.15, -0.1) is 0 Å². The highest BCUT2D eigenvalue weighted by Gasteiger charge is 2.46. The lowest BCUT2D eigenvalue weighted by Crippen LogP contribution is -2.44. The molecule has 1 aromatic carbocycles. The molecule has 2 aliphatic heterocycles. The van der Waals surface area contributed by atoms with Gasteiger partial charge in [0.1, 0.15) is 6.26 Å². The van der Waals surface area contributed by atoms with Gasteiger partial charge in [-0.25, -0.2) is 0 Å². The fraction of sp³-hybridized carbons (Fsp3) is 0.500. The van der Waals surface area contributed by atoms with Crippen LogP contribution in [0.5, 0.6) is 0 Å². The molecule has 1 aliphatic carbocycles. The molecule has 2 saturated heterocycles. The third kappa shape index (κ3) is 3.43. The number of morpholine rings is 1. The zero-order chi connectivity index (χ0) is 20.6. The number of nitrogens with zero attached hydrogens (tertiary/aromatic N) is 2. The van der Waals surface area contributed by atoms with E-state index < -0.39 is 0 Å². The third-order valence-corrected chi connectivity index (χ3v) is 7.17. The van der Waals surface area contributed by atoms with Crippen molar-refractivity contribution in [3.63, 3.8) is 0 Å². The van der Waals surface area contributed by atoms with Gasteiger partial charge in [-0.1, -0.05) is 24.3 Å². The van der Waals surface area contributed by atoms with Gasteiger partial charge in [0.05, 0.1) is 25.0 Å². The number of carbonyl (C=O) groups excluding carboxylic acids is 2. The molecular weight excluding hydrogens is 380 g/mol. The minimum atomic E-state index is 0.0453. The Labute approximate surface area is 176 Å². The van der Waals surface area contributed by atoms with Gasteiger partial charge in [0, 0.05) is 32.6 Å². The number of likely N-dealkylation sites (tertiary alicyclic amines) is 1. The molecule has 0 N–H and O–H groups in total. The van der Waals surface area contributed by atoms with Crippen LogP contribution >= 0.6 is 0 Å². The van der Waals surface area contributed by atoms with E-state index in [1.54, 1.807) is 12.3 Å². The number of rotatable bonds is 3. The summed E-state index contributed by atoms with van der Waals surface area (Å²) in [6.07, 6.45) is 6.51. The predicted molar refractivity (Wildman–Crippen MR) is 111 cm³/mol. The van der Waals surface area contributed by atoms with E-state index in [2.05, 4.69) is 24.3 Å². The van der Waals surface area contributed by atoms with Crippen molar-refractivity contribution in [3.05, 3.63) is 59.5 Å². The number of furan rings is 1. The number of fused-ring (bicyclic) bond motifs is 2. The second-order valence-electron chi connectivity index (χ2n) is 8.77. The average molecular weight is 408 g/mol. The Bertz CT molecular complexity index is 909. The van der Waals surface area contributed by atoms with Crippen LogP contribution in [0.1, 0.15) is 53.1 Å². The SMILES string of the molecule is O=C(C[C@@H]1CC2(CCN(C(=O)c3ccoc3)CC2)c2ccccc21)N1CCOCC1. The summed E-state index contributed by atoms with van der Waals surface area (Å²) in [5, 5.41) is 0. The van der Waals surface area contributed by atoms with Crippen LogP contribution in [0.3, 0.4) is 0 Å². The molecule has 30 heavy (non-hydrogen) atoms. The van der Waals surface area contributed by atoms with Gasteiger partial charge >= 0.3 is 0 Å². The maximum atomic E-state index is 12.9. The number of amides is 2. The van der Waals surface area contributed by atoms with Gasteiger partial charge in [0.25, 0.3) is 5.91 Å². The van der Waals surface area contributed by atoms with Crippen molar-refractivity contribution in [2.24, 2.45) is 0 Å². The molecule has 3 aliphatic rings. The molecule has 0 unspecified atom stereocenters. The zero-order valence-electron chi connectivity index (χ0n) is 17.2. The van der Waals surface area contributed by atoms with Crippen molar-refractivity contribution < 1.29 is 18.7 Å². The molecule has 0 radical (unpaired) electrons. The summed E-state index contributed by atoms with van der Waals surface area (Å²) in [5.74, 6) is 0.541. The molecule has 3 heterocycles. The van der Waals surface area contributed by atoms with Gasteiger partial charge in [0.2, 0.25) is 5.91 Å². The Morgan fingerprint density at radius 1 is 1.00 bits per heavy atom. The molecule has 5 rings (SSSR count). The van der Waals surface area contributed by atoms with Crippen molar-refractivity contribution >= 4 is 11.8 Å². The first kappa shape index (κ1) is 19.4. The lowest BCUT2D eigenvalue weighted by molar-refractivity contribution is -0.135. The van der Waals surface area contributed by atoms with Gasteiger partial charge in [-0.2, -0.15) is 0 Å². The summed E-state index contributed by atoms with van der Waals surface area (Å²) in [4.78, 5) is 29.5. The van der Waals surface area contributed by atoms with E-state index in [4.69, 9.17) is 9.15 Å². The van der Waals surface area contributed by atoms with E-state index in [-0.39, 0.29) is 23.1 Å². The Hall–Kier alpha value is -2.60. The van der Waals surface area contributed by atoms with Crippen molar-refractivity contribution in [3.8, 4) is 0 Å². The molecular formula is C24H28N2O4. The molecule has 0 saturated carbocycles. The molecule has 2 amide bonds. The van der Waals surface area contributed by atoms with Crippen LogP contribution in [-0.4, -0.2) is 61.0 Å². The Morgan fingerprint density at radius 2 is 1.77 bits per heavy atom. The van der Waals surface area contributed by atoms with E-state index in [1.165, 1.54) is 17.4 Å². The van der Waals surface area contributed by atoms with E-state index in [0.29, 0.717) is 38.3 Å². The fourth-order valence-electron chi connectivity index (χ4n) is 5.54. The first-order valence-electron chi connectivity index (χ1n) is 10.9. The quantitative estimate of drug-likeness (QED) is 0.783. The van der Waals surface area contributed by atoms with E-state index in [9.17, 15) is 9.59 Å². The first-order valence-corrected chi connectivity index (χ1v) is 10.9. The minimum Gasteiger partial charge on any atom is -0.472 e. The molecule has 2 aromatic rings. The van der Waals surface area contributed by atoms with Crippen molar-refractivity contribution in [2.75, 3.05) is 39.4 Å². The summed E-state index contributed by atoms with van der Waals surface area (Å²) >= 11 is 0. The van der Waals surface area contributed by atoms with E-state index in [1.807, 2.05) is 9.80 Å². The lowest BCUT2D eigenvalue weighted by Gasteiger charge is -2.40. The van der Waals surface area contributed by atoms with Gasteiger partial charge in [0.15, 0.2) is 0 Å². The highest BCUT2D eigenvalue weighted by molar-refractivity contribution is 5.93. The number of carbonyl (C=O) groups is 2. The fourth-order valence-corrected chi connectivity index (χ4v) is 5.54. The number of hydrogen-bond acceptors (Lipinski definition) is 4. The average Bonchev–Trinajstić information content (AvgIpc) is 3.43. The lowest BCUT2D eigenvalue weighted by atomic mass is 9.73. The van der Waals surface area contributed by atoms with Crippen LogP contribution in [0.15, 0.2) is 47.3 Å². The van der Waals surface area contributed by atoms with Crippen LogP contribution in [-0.2, 0) is 14.9 Å². The summed E-state index contributed by atoms with van der Waals surface area (Å²) in [6, 6.07) is 10.4. The molecule has 1 atom stereocenters. The Kier molecular flexibility index (Phi) is 5.11. The van der Waals surface area contributed by atoms with Gasteiger partial charge < -0.3 is 19.0 Å². The summed E-state index contributed by atoms with van der Waals surface area (Å²) in [6.45, 7) is 4.15. The highest BCUT2D eigenvalue weighted by atomic mass is 16.5. The second-order valence-corrected chi connectivity index (χ2v) is 8.77. The van der Waals surface area contributed by atoms with E-state index >= 15 is 0 Å². The van der Waals surface area contributed by atoms with Gasteiger partial charge in [-0.3, -0.25) is 9.59 Å².